The van der Waals surface area contributed by atoms with Crippen LogP contribution in [0.1, 0.15) is 28.4 Å². The van der Waals surface area contributed by atoms with Crippen LogP contribution in [0.5, 0.6) is 0 Å². The Morgan fingerprint density at radius 1 is 1.11 bits per heavy atom. The van der Waals surface area contributed by atoms with E-state index in [1.54, 1.807) is 0 Å². The second kappa shape index (κ2) is 8.03. The average molecular weight is 513 g/mol. The molecule has 27 heavy (non-hydrogen) atoms. The van der Waals surface area contributed by atoms with Gasteiger partial charge in [-0.25, -0.2) is 0 Å². The van der Waals surface area contributed by atoms with Crippen LogP contribution in [-0.2, 0) is 4.79 Å². The Labute approximate surface area is 179 Å². The van der Waals surface area contributed by atoms with Gasteiger partial charge in [-0.2, -0.15) is 0 Å². The first kappa shape index (κ1) is 19.1. The molecule has 1 N–H and O–H groups in total. The van der Waals surface area contributed by atoms with Gasteiger partial charge in [-0.05, 0) is 44.0 Å². The van der Waals surface area contributed by atoms with Crippen molar-refractivity contribution in [3.05, 3.63) is 49.0 Å². The van der Waals surface area contributed by atoms with Gasteiger partial charge in [0.25, 0.3) is 0 Å². The molecule has 8 heteroatoms. The fourth-order valence-corrected chi connectivity index (χ4v) is 7.09. The molecule has 2 heterocycles. The Balaban J connectivity index is 1.32. The average Bonchev–Trinajstić information content (AvgIpc) is 3.14. The van der Waals surface area contributed by atoms with Crippen LogP contribution < -0.4 is 10.2 Å². The molecule has 2 aromatic rings. The Hall–Kier alpha value is -1.22. The quantitative estimate of drug-likeness (QED) is 0.676. The van der Waals surface area contributed by atoms with E-state index >= 15 is 0 Å². The van der Waals surface area contributed by atoms with E-state index in [0.29, 0.717) is 18.5 Å². The topological polar surface area (TPSA) is 52.7 Å². The molecule has 4 rings (SSSR count). The number of fused-ring (bicyclic) bond motifs is 1. The van der Waals surface area contributed by atoms with Crippen molar-refractivity contribution >= 4 is 60.6 Å². The molecule has 0 radical (unpaired) electrons. The minimum Gasteiger partial charge on any atom is -0.369 e. The van der Waals surface area contributed by atoms with Crippen molar-refractivity contribution in [3.63, 3.8) is 0 Å². The number of anilines is 1. The van der Waals surface area contributed by atoms with E-state index in [1.165, 1.54) is 17.0 Å². The highest BCUT2D eigenvalue weighted by Crippen LogP contribution is 2.46. The normalized spacial score (nSPS) is 20.0. The van der Waals surface area contributed by atoms with Gasteiger partial charge in [0.15, 0.2) is 5.78 Å². The lowest BCUT2D eigenvalue weighted by Crippen LogP contribution is -2.49. The molecule has 1 aromatic carbocycles. The van der Waals surface area contributed by atoms with Gasteiger partial charge >= 0.3 is 0 Å². The van der Waals surface area contributed by atoms with Gasteiger partial charge in [-0.3, -0.25) is 14.5 Å². The summed E-state index contributed by atoms with van der Waals surface area (Å²) >= 11 is 8.46. The lowest BCUT2D eigenvalue weighted by Gasteiger charge is -2.35. The third-order valence-electron chi connectivity index (χ3n) is 5.07. The van der Waals surface area contributed by atoms with E-state index < -0.39 is 0 Å². The summed E-state index contributed by atoms with van der Waals surface area (Å²) in [5.74, 6) is 0.0589. The summed E-state index contributed by atoms with van der Waals surface area (Å²) in [6.07, 6.45) is 0.336. The van der Waals surface area contributed by atoms with Crippen molar-refractivity contribution in [3.8, 4) is 0 Å². The molecule has 1 aromatic heterocycles. The van der Waals surface area contributed by atoms with Gasteiger partial charge in [0.2, 0.25) is 5.91 Å². The molecule has 1 fully saturated rings. The van der Waals surface area contributed by atoms with E-state index in [-0.39, 0.29) is 17.7 Å². The summed E-state index contributed by atoms with van der Waals surface area (Å²) < 4.78 is 1.75. The molecule has 1 aliphatic heterocycles. The molecule has 1 amide bonds. The Morgan fingerprint density at radius 3 is 2.52 bits per heavy atom. The number of halogens is 2. The van der Waals surface area contributed by atoms with Gasteiger partial charge in [-0.1, -0.05) is 18.2 Å². The van der Waals surface area contributed by atoms with Gasteiger partial charge in [0.1, 0.15) is 0 Å². The predicted octanol–water partition coefficient (Wildman–Crippen LogP) is 3.84. The molecule has 1 aliphatic carbocycles. The zero-order valence-corrected chi connectivity index (χ0v) is 18.6. The lowest BCUT2D eigenvalue weighted by atomic mass is 10.2. The highest BCUT2D eigenvalue weighted by atomic mass is 79.9. The Bertz CT molecular complexity index is 863. The predicted molar refractivity (Wildman–Crippen MR) is 115 cm³/mol. The third kappa shape index (κ3) is 3.99. The van der Waals surface area contributed by atoms with E-state index in [1.807, 2.05) is 18.2 Å². The highest BCUT2D eigenvalue weighted by Gasteiger charge is 2.36. The van der Waals surface area contributed by atoms with Crippen LogP contribution in [0.15, 0.2) is 37.9 Å². The number of carbonyl (C=O) groups is 2. The van der Waals surface area contributed by atoms with Gasteiger partial charge in [0.05, 0.1) is 20.2 Å². The first-order valence-corrected chi connectivity index (χ1v) is 11.3. The van der Waals surface area contributed by atoms with E-state index in [0.717, 1.165) is 39.3 Å². The van der Waals surface area contributed by atoms with Gasteiger partial charge in [-0.15, -0.1) is 11.3 Å². The molecule has 142 valence electrons. The summed E-state index contributed by atoms with van der Waals surface area (Å²) in [6.45, 7) is 3.89. The standard InChI is InChI=1S/C19H19Br2N3O2S/c20-18-16-13(10-14(25)17(16)19(21)27-18)22-15(26)11-23-6-8-24(9-7-23)12-4-2-1-3-5-12/h1-5,13H,6-11H2,(H,22,26). The lowest BCUT2D eigenvalue weighted by molar-refractivity contribution is -0.123. The molecule has 5 nitrogen and oxygen atoms in total. The second-order valence-corrected chi connectivity index (χ2v) is 10.4. The molecular formula is C19H19Br2N3O2S. The molecule has 1 atom stereocenters. The number of nitrogens with one attached hydrogen (secondary N) is 1. The number of piperazine rings is 1. The number of nitrogens with zero attached hydrogens (tertiary/aromatic N) is 2. The number of thiophene rings is 1. The number of ketones is 1. The van der Waals surface area contributed by atoms with Crippen molar-refractivity contribution in [1.82, 2.24) is 10.2 Å². The van der Waals surface area contributed by atoms with Crippen molar-refractivity contribution in [2.24, 2.45) is 0 Å². The van der Waals surface area contributed by atoms with Crippen LogP contribution in [0, 0.1) is 0 Å². The summed E-state index contributed by atoms with van der Waals surface area (Å²) in [4.78, 5) is 29.3. The minimum absolute atomic E-state index is 0.0250. The molecule has 1 saturated heterocycles. The molecular weight excluding hydrogens is 494 g/mol. The fraction of sp³-hybridized carbons (Fsp3) is 0.368. The van der Waals surface area contributed by atoms with E-state index in [4.69, 9.17) is 0 Å². The molecule has 0 saturated carbocycles. The van der Waals surface area contributed by atoms with Crippen LogP contribution in [-0.4, -0.2) is 49.3 Å². The second-order valence-electron chi connectivity index (χ2n) is 6.78. The fourth-order valence-electron chi connectivity index (χ4n) is 3.72. The monoisotopic (exact) mass is 511 g/mol. The van der Waals surface area contributed by atoms with Crippen LogP contribution >= 0.6 is 43.2 Å². The van der Waals surface area contributed by atoms with Crippen LogP contribution in [0.3, 0.4) is 0 Å². The van der Waals surface area contributed by atoms with Crippen LogP contribution in [0.4, 0.5) is 5.69 Å². The summed E-state index contributed by atoms with van der Waals surface area (Å²) in [5.41, 5.74) is 2.86. The zero-order valence-electron chi connectivity index (χ0n) is 14.6. The number of hydrogen-bond acceptors (Lipinski definition) is 5. The largest absolute Gasteiger partial charge is 0.369 e. The molecule has 0 bridgehead atoms. The first-order chi connectivity index (χ1) is 13.0. The molecule has 0 spiro atoms. The van der Waals surface area contributed by atoms with E-state index in [9.17, 15) is 9.59 Å². The van der Waals surface area contributed by atoms with Gasteiger partial charge < -0.3 is 10.2 Å². The summed E-state index contributed by atoms with van der Waals surface area (Å²) in [5, 5.41) is 3.05. The SMILES string of the molecule is O=C(CN1CCN(c2ccccc2)CC1)NC1CC(=O)c2c(Br)sc(Br)c21. The smallest absolute Gasteiger partial charge is 0.234 e. The van der Waals surface area contributed by atoms with Crippen LogP contribution in [0.25, 0.3) is 0 Å². The van der Waals surface area contributed by atoms with Crippen molar-refractivity contribution in [2.45, 2.75) is 12.5 Å². The number of Topliss-reactive ketones (excluding diaryl/α,β-unsaturated/α-hetero) is 1. The Morgan fingerprint density at radius 2 is 1.81 bits per heavy atom. The van der Waals surface area contributed by atoms with Crippen molar-refractivity contribution in [1.29, 1.82) is 0 Å². The maximum Gasteiger partial charge on any atom is 0.234 e. The van der Waals surface area contributed by atoms with Crippen LogP contribution in [0.2, 0.25) is 0 Å². The number of benzene rings is 1. The number of para-hydroxylation sites is 1. The number of carbonyl (C=O) groups excluding carboxylic acids is 2. The Kier molecular flexibility index (Phi) is 5.68. The minimum atomic E-state index is -0.234. The molecule has 1 unspecified atom stereocenters. The van der Waals surface area contributed by atoms with Gasteiger partial charge in [0, 0.05) is 49.4 Å². The molecule has 2 aliphatic rings. The van der Waals surface area contributed by atoms with Crippen molar-refractivity contribution in [2.75, 3.05) is 37.6 Å². The number of amides is 1. The summed E-state index contributed by atoms with van der Waals surface area (Å²) in [6, 6.07) is 10.1. The first-order valence-electron chi connectivity index (χ1n) is 8.85. The maximum absolute atomic E-state index is 12.6. The summed E-state index contributed by atoms with van der Waals surface area (Å²) in [7, 11) is 0. The third-order valence-corrected chi connectivity index (χ3v) is 7.65. The highest BCUT2D eigenvalue weighted by molar-refractivity contribution is 9.12. The van der Waals surface area contributed by atoms with E-state index in [2.05, 4.69) is 59.1 Å². The maximum atomic E-state index is 12.6. The number of hydrogen-bond donors (Lipinski definition) is 1. The number of rotatable bonds is 4. The van der Waals surface area contributed by atoms with Crippen molar-refractivity contribution < 1.29 is 9.59 Å². The zero-order chi connectivity index (χ0) is 19.0.